The van der Waals surface area contributed by atoms with E-state index in [4.69, 9.17) is 4.74 Å². The highest BCUT2D eigenvalue weighted by Gasteiger charge is 2.38. The lowest BCUT2D eigenvalue weighted by atomic mass is 10.2. The third-order valence-electron chi connectivity index (χ3n) is 4.12. The predicted molar refractivity (Wildman–Crippen MR) is 82.3 cm³/mol. The number of hydrogen-bond acceptors (Lipinski definition) is 4. The van der Waals surface area contributed by atoms with E-state index < -0.39 is 10.0 Å². The summed E-state index contributed by atoms with van der Waals surface area (Å²) >= 11 is 0. The van der Waals surface area contributed by atoms with Gasteiger partial charge < -0.3 is 4.74 Å². The van der Waals surface area contributed by atoms with Gasteiger partial charge in [-0.05, 0) is 41.0 Å². The van der Waals surface area contributed by atoms with Crippen molar-refractivity contribution in [3.63, 3.8) is 0 Å². The summed E-state index contributed by atoms with van der Waals surface area (Å²) in [6.07, 6.45) is 0.403. The minimum Gasteiger partial charge on any atom is -0.377 e. The lowest BCUT2D eigenvalue weighted by Gasteiger charge is -2.32. The molecule has 0 bridgehead atoms. The second-order valence-electron chi connectivity index (χ2n) is 6.19. The summed E-state index contributed by atoms with van der Waals surface area (Å²) in [5.41, 5.74) is 0. The summed E-state index contributed by atoms with van der Waals surface area (Å²) in [5, 5.41) is -0.390. The highest BCUT2D eigenvalue weighted by molar-refractivity contribution is 7.89. The van der Waals surface area contributed by atoms with Crippen LogP contribution in [0.5, 0.6) is 0 Å². The van der Waals surface area contributed by atoms with E-state index in [0.717, 1.165) is 6.54 Å². The van der Waals surface area contributed by atoms with Gasteiger partial charge in [0.2, 0.25) is 10.0 Å². The van der Waals surface area contributed by atoms with Crippen LogP contribution in [0.25, 0.3) is 0 Å². The number of ether oxygens (including phenoxy) is 1. The van der Waals surface area contributed by atoms with E-state index in [-0.39, 0.29) is 11.4 Å². The smallest absolute Gasteiger partial charge is 0.219 e. The highest BCUT2D eigenvalue weighted by Crippen LogP contribution is 2.23. The summed E-state index contributed by atoms with van der Waals surface area (Å²) in [5.74, 6) is 0. The molecule has 2 atom stereocenters. The Labute approximate surface area is 124 Å². The average molecular weight is 306 g/mol. The number of sulfonamides is 1. The van der Waals surface area contributed by atoms with E-state index in [1.165, 1.54) is 4.31 Å². The minimum absolute atomic E-state index is 0.200. The Bertz CT molecular complexity index is 387. The molecule has 0 aromatic carbocycles. The molecule has 0 radical (unpaired) electrons. The van der Waals surface area contributed by atoms with Crippen LogP contribution in [0.15, 0.2) is 0 Å². The molecular weight excluding hydrogens is 276 g/mol. The number of nitrogens with zero attached hydrogens (tertiary/aromatic N) is 2. The van der Waals surface area contributed by atoms with Crippen LogP contribution in [-0.4, -0.2) is 67.8 Å². The molecule has 1 aliphatic rings. The molecule has 0 N–H and O–H groups in total. The molecule has 5 nitrogen and oxygen atoms in total. The van der Waals surface area contributed by atoms with Crippen LogP contribution in [0.1, 0.15) is 41.0 Å². The first-order valence-electron chi connectivity index (χ1n) is 7.50. The van der Waals surface area contributed by atoms with Crippen LogP contribution in [0.3, 0.4) is 0 Å². The Hall–Kier alpha value is -0.170. The molecule has 0 saturated carbocycles. The summed E-state index contributed by atoms with van der Waals surface area (Å²) in [6, 6.07) is 0.833. The van der Waals surface area contributed by atoms with Gasteiger partial charge in [0, 0.05) is 38.8 Å². The zero-order chi connectivity index (χ0) is 15.5. The van der Waals surface area contributed by atoms with Crippen molar-refractivity contribution in [2.75, 3.05) is 26.7 Å². The van der Waals surface area contributed by atoms with Crippen molar-refractivity contribution in [2.45, 2.75) is 64.5 Å². The van der Waals surface area contributed by atoms with Gasteiger partial charge in [-0.2, -0.15) is 0 Å². The van der Waals surface area contributed by atoms with Gasteiger partial charge in [0.15, 0.2) is 0 Å². The maximum absolute atomic E-state index is 12.5. The van der Waals surface area contributed by atoms with Gasteiger partial charge in [0.25, 0.3) is 0 Å². The van der Waals surface area contributed by atoms with E-state index in [0.29, 0.717) is 31.7 Å². The first kappa shape index (κ1) is 17.9. The molecular formula is C14H30N2O3S. The van der Waals surface area contributed by atoms with Gasteiger partial charge >= 0.3 is 0 Å². The monoisotopic (exact) mass is 306 g/mol. The number of rotatable bonds is 7. The van der Waals surface area contributed by atoms with Crippen molar-refractivity contribution in [1.29, 1.82) is 0 Å². The SMILES string of the molecule is CC(C)N(CCN(C)S(=O)(=O)[C@@H]1CCO[C@@H]1C)C(C)C. The molecule has 0 aromatic rings. The number of hydrogen-bond donors (Lipinski definition) is 0. The summed E-state index contributed by atoms with van der Waals surface area (Å²) in [6.45, 7) is 12.2. The van der Waals surface area contributed by atoms with E-state index in [1.54, 1.807) is 7.05 Å². The Morgan fingerprint density at radius 1 is 1.15 bits per heavy atom. The third kappa shape index (κ3) is 4.16. The number of likely N-dealkylation sites (N-methyl/N-ethyl adjacent to an activating group) is 1. The van der Waals surface area contributed by atoms with Crippen LogP contribution in [-0.2, 0) is 14.8 Å². The molecule has 0 spiro atoms. The van der Waals surface area contributed by atoms with Crippen molar-refractivity contribution in [1.82, 2.24) is 9.21 Å². The van der Waals surface area contributed by atoms with Crippen LogP contribution in [0.4, 0.5) is 0 Å². The molecule has 1 rings (SSSR count). The predicted octanol–water partition coefficient (Wildman–Crippen LogP) is 1.54. The fourth-order valence-corrected chi connectivity index (χ4v) is 4.59. The fourth-order valence-electron chi connectivity index (χ4n) is 2.83. The lowest BCUT2D eigenvalue weighted by Crippen LogP contribution is -2.46. The third-order valence-corrected chi connectivity index (χ3v) is 6.56. The van der Waals surface area contributed by atoms with Crippen molar-refractivity contribution in [3.8, 4) is 0 Å². The van der Waals surface area contributed by atoms with E-state index in [2.05, 4.69) is 32.6 Å². The van der Waals surface area contributed by atoms with E-state index in [9.17, 15) is 8.42 Å². The second kappa shape index (κ2) is 7.20. The maximum Gasteiger partial charge on any atom is 0.219 e. The molecule has 120 valence electrons. The summed E-state index contributed by atoms with van der Waals surface area (Å²) < 4.78 is 31.9. The Balaban J connectivity index is 2.63. The molecule has 1 saturated heterocycles. The Morgan fingerprint density at radius 2 is 1.70 bits per heavy atom. The second-order valence-corrected chi connectivity index (χ2v) is 8.45. The van der Waals surface area contributed by atoms with Crippen LogP contribution in [0, 0.1) is 0 Å². The Kier molecular flexibility index (Phi) is 6.44. The lowest BCUT2D eigenvalue weighted by molar-refractivity contribution is 0.125. The van der Waals surface area contributed by atoms with Gasteiger partial charge in [-0.1, -0.05) is 0 Å². The maximum atomic E-state index is 12.5. The van der Waals surface area contributed by atoms with Crippen molar-refractivity contribution in [2.24, 2.45) is 0 Å². The molecule has 0 amide bonds. The largest absolute Gasteiger partial charge is 0.377 e. The van der Waals surface area contributed by atoms with Crippen molar-refractivity contribution < 1.29 is 13.2 Å². The standard InChI is InChI=1S/C14H30N2O3S/c1-11(2)16(12(3)4)9-8-15(6)20(17,18)14-7-10-19-13(14)5/h11-14H,7-10H2,1-6H3/t13-,14-/m1/s1. The van der Waals surface area contributed by atoms with Gasteiger partial charge in [-0.3, -0.25) is 4.90 Å². The van der Waals surface area contributed by atoms with Gasteiger partial charge in [0.05, 0.1) is 6.10 Å². The van der Waals surface area contributed by atoms with Crippen molar-refractivity contribution in [3.05, 3.63) is 0 Å². The zero-order valence-corrected chi connectivity index (χ0v) is 14.5. The van der Waals surface area contributed by atoms with E-state index in [1.807, 2.05) is 6.92 Å². The van der Waals surface area contributed by atoms with Crippen molar-refractivity contribution >= 4 is 10.0 Å². The quantitative estimate of drug-likeness (QED) is 0.716. The van der Waals surface area contributed by atoms with Gasteiger partial charge in [-0.25, -0.2) is 12.7 Å². The van der Waals surface area contributed by atoms with E-state index >= 15 is 0 Å². The first-order valence-corrected chi connectivity index (χ1v) is 9.00. The molecule has 0 unspecified atom stereocenters. The van der Waals surface area contributed by atoms with Crippen LogP contribution in [0.2, 0.25) is 0 Å². The molecule has 6 heteroatoms. The van der Waals surface area contributed by atoms with Crippen LogP contribution >= 0.6 is 0 Å². The highest BCUT2D eigenvalue weighted by atomic mass is 32.2. The topological polar surface area (TPSA) is 49.9 Å². The fraction of sp³-hybridized carbons (Fsp3) is 1.00. The Morgan fingerprint density at radius 3 is 2.10 bits per heavy atom. The van der Waals surface area contributed by atoms with Gasteiger partial charge in [-0.15, -0.1) is 0 Å². The molecule has 0 aliphatic carbocycles. The molecule has 1 heterocycles. The minimum atomic E-state index is -3.25. The summed E-state index contributed by atoms with van der Waals surface area (Å²) in [7, 11) is -1.57. The van der Waals surface area contributed by atoms with Crippen LogP contribution < -0.4 is 0 Å². The molecule has 20 heavy (non-hydrogen) atoms. The normalized spacial score (nSPS) is 24.5. The summed E-state index contributed by atoms with van der Waals surface area (Å²) in [4.78, 5) is 2.31. The molecule has 1 fully saturated rings. The molecule has 0 aromatic heterocycles. The first-order chi connectivity index (χ1) is 9.17. The molecule has 1 aliphatic heterocycles. The van der Waals surface area contributed by atoms with Gasteiger partial charge in [0.1, 0.15) is 5.25 Å². The average Bonchev–Trinajstić information content (AvgIpc) is 2.75. The zero-order valence-electron chi connectivity index (χ0n) is 13.7.